The van der Waals surface area contributed by atoms with E-state index in [0.717, 1.165) is 49.3 Å². The molecule has 1 aromatic rings. The first kappa shape index (κ1) is 20.9. The van der Waals surface area contributed by atoms with E-state index in [2.05, 4.69) is 10.4 Å². The van der Waals surface area contributed by atoms with Gasteiger partial charge in [0.05, 0.1) is 30.2 Å². The number of aromatic nitrogens is 2. The molecule has 3 N–H and O–H groups in total. The van der Waals surface area contributed by atoms with Gasteiger partial charge in [0.1, 0.15) is 0 Å². The summed E-state index contributed by atoms with van der Waals surface area (Å²) in [5, 5.41) is 7.41. The Balaban J connectivity index is 0.00000441. The highest BCUT2D eigenvalue weighted by Gasteiger charge is 2.13. The van der Waals surface area contributed by atoms with Gasteiger partial charge in [-0.2, -0.15) is 5.10 Å². The maximum atomic E-state index is 12.0. The number of unbranched alkanes of at least 4 members (excludes halogenated alkanes) is 3. The summed E-state index contributed by atoms with van der Waals surface area (Å²) < 4.78 is 6.93. The Bertz CT molecular complexity index is 449. The lowest BCUT2D eigenvalue weighted by Crippen LogP contribution is -2.13. The van der Waals surface area contributed by atoms with Gasteiger partial charge in [0, 0.05) is 13.5 Å². The van der Waals surface area contributed by atoms with E-state index in [0.29, 0.717) is 19.6 Å². The third kappa shape index (κ3) is 6.77. The second kappa shape index (κ2) is 11.5. The second-order valence-corrected chi connectivity index (χ2v) is 5.26. The first-order chi connectivity index (χ1) is 10.1. The Morgan fingerprint density at radius 1 is 1.27 bits per heavy atom. The van der Waals surface area contributed by atoms with Crippen LogP contribution in [0.3, 0.4) is 0 Å². The van der Waals surface area contributed by atoms with Crippen LogP contribution in [-0.4, -0.2) is 35.9 Å². The molecule has 0 fully saturated rings. The van der Waals surface area contributed by atoms with E-state index < -0.39 is 0 Å². The zero-order valence-corrected chi connectivity index (χ0v) is 14.7. The van der Waals surface area contributed by atoms with Crippen LogP contribution >= 0.6 is 12.4 Å². The lowest BCUT2D eigenvalue weighted by molar-refractivity contribution is -0.116. The number of carbonyl (C=O) groups is 1. The van der Waals surface area contributed by atoms with Gasteiger partial charge in [-0.1, -0.05) is 12.8 Å². The summed E-state index contributed by atoms with van der Waals surface area (Å²) in [6, 6.07) is 0. The molecular formula is C15H29ClN4O2. The van der Waals surface area contributed by atoms with Gasteiger partial charge >= 0.3 is 0 Å². The molecule has 1 aromatic heterocycles. The highest BCUT2D eigenvalue weighted by Crippen LogP contribution is 2.19. The van der Waals surface area contributed by atoms with Crippen LogP contribution < -0.4 is 11.1 Å². The minimum Gasteiger partial charge on any atom is -0.383 e. The largest absolute Gasteiger partial charge is 0.383 e. The first-order valence-electron chi connectivity index (χ1n) is 7.63. The number of aryl methyl sites for hydroxylation is 1. The highest BCUT2D eigenvalue weighted by atomic mass is 35.5. The average molecular weight is 333 g/mol. The molecule has 1 heterocycles. The Hall–Kier alpha value is -1.11. The molecule has 0 aromatic carbocycles. The highest BCUT2D eigenvalue weighted by molar-refractivity contribution is 5.91. The van der Waals surface area contributed by atoms with Gasteiger partial charge in [-0.05, 0) is 33.2 Å². The van der Waals surface area contributed by atoms with Crippen molar-refractivity contribution in [2.45, 2.75) is 52.5 Å². The van der Waals surface area contributed by atoms with E-state index >= 15 is 0 Å². The van der Waals surface area contributed by atoms with Crippen LogP contribution in [0.2, 0.25) is 0 Å². The molecule has 1 amide bonds. The maximum Gasteiger partial charge on any atom is 0.224 e. The minimum absolute atomic E-state index is 0. The van der Waals surface area contributed by atoms with Crippen molar-refractivity contribution >= 4 is 24.0 Å². The quantitative estimate of drug-likeness (QED) is 0.645. The lowest BCUT2D eigenvalue weighted by Gasteiger charge is -2.07. The molecule has 0 bridgehead atoms. The van der Waals surface area contributed by atoms with Crippen molar-refractivity contribution < 1.29 is 9.53 Å². The molecule has 1 rings (SSSR count). The van der Waals surface area contributed by atoms with Gasteiger partial charge in [0.2, 0.25) is 5.91 Å². The molecule has 0 saturated carbocycles. The molecule has 0 aliphatic rings. The predicted molar refractivity (Wildman–Crippen MR) is 91.6 cm³/mol. The molecule has 7 heteroatoms. The second-order valence-electron chi connectivity index (χ2n) is 5.26. The summed E-state index contributed by atoms with van der Waals surface area (Å²) in [7, 11) is 1.67. The number of rotatable bonds is 10. The molecule has 0 radical (unpaired) electrons. The monoisotopic (exact) mass is 332 g/mol. The number of nitrogens with two attached hydrogens (primary N) is 1. The van der Waals surface area contributed by atoms with Gasteiger partial charge < -0.3 is 15.8 Å². The lowest BCUT2D eigenvalue weighted by atomic mass is 10.1. The fourth-order valence-electron chi connectivity index (χ4n) is 2.26. The van der Waals surface area contributed by atoms with Crippen molar-refractivity contribution in [3.8, 4) is 0 Å². The van der Waals surface area contributed by atoms with Crippen LogP contribution in [-0.2, 0) is 16.1 Å². The molecule has 0 aliphatic heterocycles. The Kier molecular flexibility index (Phi) is 10.9. The molecule has 128 valence electrons. The van der Waals surface area contributed by atoms with E-state index in [1.807, 2.05) is 18.5 Å². The smallest absolute Gasteiger partial charge is 0.224 e. The summed E-state index contributed by atoms with van der Waals surface area (Å²) in [6.45, 7) is 5.90. The first-order valence-corrected chi connectivity index (χ1v) is 7.63. The number of anilines is 1. The van der Waals surface area contributed by atoms with Crippen LogP contribution in [0.4, 0.5) is 5.69 Å². The number of ether oxygens (including phenoxy) is 1. The molecule has 6 nitrogen and oxygen atoms in total. The SMILES string of the molecule is COCCn1nc(C)c(NC(=O)CCCCCCN)c1C.Cl. The number of carbonyl (C=O) groups excluding carboxylic acids is 1. The van der Waals surface area contributed by atoms with Crippen molar-refractivity contribution in [1.82, 2.24) is 9.78 Å². The predicted octanol–water partition coefficient (Wildman–Crippen LogP) is 2.42. The topological polar surface area (TPSA) is 82.2 Å². The van der Waals surface area contributed by atoms with E-state index in [1.54, 1.807) is 7.11 Å². The van der Waals surface area contributed by atoms with Gasteiger partial charge in [0.15, 0.2) is 0 Å². The number of amides is 1. The van der Waals surface area contributed by atoms with Crippen molar-refractivity contribution in [1.29, 1.82) is 0 Å². The zero-order chi connectivity index (χ0) is 15.7. The number of hydrogen-bond donors (Lipinski definition) is 2. The summed E-state index contributed by atoms with van der Waals surface area (Å²) in [6.07, 6.45) is 4.63. The molecule has 22 heavy (non-hydrogen) atoms. The Morgan fingerprint density at radius 2 is 1.95 bits per heavy atom. The summed E-state index contributed by atoms with van der Waals surface area (Å²) in [5.41, 5.74) is 8.10. The van der Waals surface area contributed by atoms with Crippen LogP contribution in [0.15, 0.2) is 0 Å². The Morgan fingerprint density at radius 3 is 2.59 bits per heavy atom. The van der Waals surface area contributed by atoms with E-state index in [-0.39, 0.29) is 18.3 Å². The number of methoxy groups -OCH3 is 1. The van der Waals surface area contributed by atoms with E-state index in [9.17, 15) is 4.79 Å². The van der Waals surface area contributed by atoms with Gasteiger partial charge in [-0.15, -0.1) is 12.4 Å². The molecule has 0 saturated heterocycles. The molecule has 0 aliphatic carbocycles. The molecular weight excluding hydrogens is 304 g/mol. The van der Waals surface area contributed by atoms with Crippen molar-refractivity contribution in [3.63, 3.8) is 0 Å². The maximum absolute atomic E-state index is 12.0. The van der Waals surface area contributed by atoms with Gasteiger partial charge in [0.25, 0.3) is 0 Å². The third-order valence-electron chi connectivity index (χ3n) is 3.51. The average Bonchev–Trinajstić information content (AvgIpc) is 2.72. The van der Waals surface area contributed by atoms with E-state index in [4.69, 9.17) is 10.5 Å². The minimum atomic E-state index is 0. The zero-order valence-electron chi connectivity index (χ0n) is 13.9. The number of nitrogens with zero attached hydrogens (tertiary/aromatic N) is 2. The van der Waals surface area contributed by atoms with Crippen molar-refractivity contribution in [2.24, 2.45) is 5.73 Å². The summed E-state index contributed by atoms with van der Waals surface area (Å²) >= 11 is 0. The number of hydrogen-bond acceptors (Lipinski definition) is 4. The normalized spacial score (nSPS) is 10.4. The molecule has 0 atom stereocenters. The van der Waals surface area contributed by atoms with Crippen LogP contribution in [0, 0.1) is 13.8 Å². The third-order valence-corrected chi connectivity index (χ3v) is 3.51. The summed E-state index contributed by atoms with van der Waals surface area (Å²) in [4.78, 5) is 12.0. The van der Waals surface area contributed by atoms with Crippen LogP contribution in [0.1, 0.15) is 43.5 Å². The van der Waals surface area contributed by atoms with Crippen molar-refractivity contribution in [2.75, 3.05) is 25.6 Å². The Labute approximate surface area is 139 Å². The molecule has 0 spiro atoms. The fraction of sp³-hybridized carbons (Fsp3) is 0.733. The van der Waals surface area contributed by atoms with Gasteiger partial charge in [-0.25, -0.2) is 0 Å². The standard InChI is InChI=1S/C15H28N4O2.ClH/c1-12-15(13(2)19(18-12)10-11-21-3)17-14(20)8-6-4-5-7-9-16;/h4-11,16H2,1-3H3,(H,17,20);1H. The number of nitrogens with one attached hydrogen (secondary N) is 1. The molecule has 0 unspecified atom stereocenters. The van der Waals surface area contributed by atoms with Crippen molar-refractivity contribution in [3.05, 3.63) is 11.4 Å². The van der Waals surface area contributed by atoms with Gasteiger partial charge in [-0.3, -0.25) is 9.48 Å². The van der Waals surface area contributed by atoms with Crippen LogP contribution in [0.25, 0.3) is 0 Å². The fourth-order valence-corrected chi connectivity index (χ4v) is 2.26. The van der Waals surface area contributed by atoms with Crippen LogP contribution in [0.5, 0.6) is 0 Å². The number of halogens is 1. The summed E-state index contributed by atoms with van der Waals surface area (Å²) in [5.74, 6) is 0.0558. The van der Waals surface area contributed by atoms with E-state index in [1.165, 1.54) is 0 Å².